The van der Waals surface area contributed by atoms with Crippen molar-refractivity contribution < 1.29 is 4.79 Å². The van der Waals surface area contributed by atoms with Crippen LogP contribution in [-0.2, 0) is 13.1 Å². The van der Waals surface area contributed by atoms with Crippen LogP contribution in [0.4, 0.5) is 0 Å². The molecule has 0 aliphatic heterocycles. The van der Waals surface area contributed by atoms with Crippen molar-refractivity contribution in [3.8, 4) is 6.07 Å². The Kier molecular flexibility index (Phi) is 6.07. The zero-order chi connectivity index (χ0) is 20.1. The van der Waals surface area contributed by atoms with E-state index in [1.165, 1.54) is 0 Å². The lowest BCUT2D eigenvalue weighted by atomic mass is 10.1. The minimum absolute atomic E-state index is 0.0744. The van der Waals surface area contributed by atoms with Crippen molar-refractivity contribution in [3.63, 3.8) is 0 Å². The smallest absolute Gasteiger partial charge is 0.203 e. The molecule has 0 bridgehead atoms. The van der Waals surface area contributed by atoms with Crippen LogP contribution >= 0.6 is 0 Å². The minimum Gasteiger partial charge on any atom is -0.309 e. The van der Waals surface area contributed by atoms with Crippen molar-refractivity contribution in [1.82, 2.24) is 14.0 Å². The lowest BCUT2D eigenvalue weighted by molar-refractivity contribution is 0.0971. The Hall–Kier alpha value is -3.17. The number of Topliss-reactive ketones (excluding diaryl/α,β-unsaturated/α-hetero) is 1. The van der Waals surface area contributed by atoms with Gasteiger partial charge in [0.2, 0.25) is 5.62 Å². The average Bonchev–Trinajstić information content (AvgIpc) is 3.00. The molecule has 0 saturated heterocycles. The van der Waals surface area contributed by atoms with Crippen LogP contribution in [0.25, 0.3) is 11.0 Å². The van der Waals surface area contributed by atoms with Gasteiger partial charge < -0.3 is 14.0 Å². The molecule has 28 heavy (non-hydrogen) atoms. The van der Waals surface area contributed by atoms with E-state index in [2.05, 4.69) is 24.8 Å². The van der Waals surface area contributed by atoms with Gasteiger partial charge in [0, 0.05) is 18.7 Å². The summed E-state index contributed by atoms with van der Waals surface area (Å²) in [5.74, 6) is -0.0744. The molecule has 1 heterocycles. The third-order valence-electron chi connectivity index (χ3n) is 5.15. The number of nitrogens with zero attached hydrogens (tertiary/aromatic N) is 4. The highest BCUT2D eigenvalue weighted by atomic mass is 16.1. The van der Waals surface area contributed by atoms with Gasteiger partial charge in [-0.15, -0.1) is 0 Å². The van der Waals surface area contributed by atoms with Crippen molar-refractivity contribution in [2.75, 3.05) is 19.6 Å². The zero-order valence-corrected chi connectivity index (χ0v) is 16.4. The Morgan fingerprint density at radius 2 is 1.64 bits per heavy atom. The van der Waals surface area contributed by atoms with Gasteiger partial charge in [0.05, 0.1) is 29.2 Å². The van der Waals surface area contributed by atoms with Gasteiger partial charge in [-0.05, 0) is 37.4 Å². The Balaban J connectivity index is 1.92. The maximum absolute atomic E-state index is 12.8. The first kappa shape index (κ1) is 19.6. The van der Waals surface area contributed by atoms with Crippen molar-refractivity contribution in [2.24, 2.45) is 0 Å². The molecular weight excluding hydrogens is 350 g/mol. The number of hydrogen-bond donors (Lipinski definition) is 1. The lowest BCUT2D eigenvalue weighted by Crippen LogP contribution is -2.32. The van der Waals surface area contributed by atoms with Gasteiger partial charge in [-0.25, -0.2) is 0 Å². The molecule has 0 fully saturated rings. The number of imidazole rings is 1. The molecule has 0 aliphatic rings. The highest BCUT2D eigenvalue weighted by Gasteiger charge is 2.15. The van der Waals surface area contributed by atoms with Gasteiger partial charge in [0.25, 0.3) is 0 Å². The summed E-state index contributed by atoms with van der Waals surface area (Å²) >= 11 is 0. The summed E-state index contributed by atoms with van der Waals surface area (Å²) in [6.07, 6.45) is 0. The first-order chi connectivity index (χ1) is 13.6. The number of benzene rings is 2. The van der Waals surface area contributed by atoms with Crippen molar-refractivity contribution in [1.29, 1.82) is 10.7 Å². The molecule has 0 atom stereocenters. The normalized spacial score (nSPS) is 11.1. The van der Waals surface area contributed by atoms with Crippen LogP contribution in [0.3, 0.4) is 0 Å². The van der Waals surface area contributed by atoms with Gasteiger partial charge in [-0.3, -0.25) is 10.2 Å². The van der Waals surface area contributed by atoms with E-state index < -0.39 is 0 Å². The first-order valence-electron chi connectivity index (χ1n) is 9.57. The van der Waals surface area contributed by atoms with E-state index in [1.54, 1.807) is 28.8 Å². The van der Waals surface area contributed by atoms with Gasteiger partial charge in [-0.1, -0.05) is 38.1 Å². The molecule has 144 valence electrons. The van der Waals surface area contributed by atoms with Gasteiger partial charge >= 0.3 is 0 Å². The van der Waals surface area contributed by atoms with Crippen LogP contribution in [0.2, 0.25) is 0 Å². The number of nitriles is 1. The van der Waals surface area contributed by atoms with Crippen molar-refractivity contribution >= 4 is 16.8 Å². The van der Waals surface area contributed by atoms with Crippen LogP contribution in [0, 0.1) is 16.7 Å². The summed E-state index contributed by atoms with van der Waals surface area (Å²) in [5, 5.41) is 17.6. The number of hydrogen-bond acceptors (Lipinski definition) is 4. The Bertz CT molecular complexity index is 1060. The summed E-state index contributed by atoms with van der Waals surface area (Å²) < 4.78 is 3.73. The van der Waals surface area contributed by atoms with Crippen LogP contribution < -0.4 is 5.62 Å². The van der Waals surface area contributed by atoms with E-state index in [-0.39, 0.29) is 12.3 Å². The van der Waals surface area contributed by atoms with Gasteiger partial charge in [-0.2, -0.15) is 5.26 Å². The highest BCUT2D eigenvalue weighted by molar-refractivity contribution is 5.96. The Morgan fingerprint density at radius 1 is 1.04 bits per heavy atom. The van der Waals surface area contributed by atoms with E-state index in [4.69, 9.17) is 10.7 Å². The molecule has 3 aromatic rings. The molecule has 3 rings (SSSR count). The summed E-state index contributed by atoms with van der Waals surface area (Å²) in [7, 11) is 0. The molecule has 1 aromatic heterocycles. The molecule has 1 N–H and O–H groups in total. The SMILES string of the molecule is CCN(CC)CCn1c(=N)n(CC(=O)c2ccc(C#N)cc2)c2ccccc21. The molecular formula is C22H25N5O. The molecule has 0 amide bonds. The number of carbonyl (C=O) groups is 1. The number of carbonyl (C=O) groups excluding carboxylic acids is 1. The molecule has 6 heteroatoms. The number of rotatable bonds is 8. The van der Waals surface area contributed by atoms with E-state index in [9.17, 15) is 4.79 Å². The maximum Gasteiger partial charge on any atom is 0.203 e. The third-order valence-corrected chi connectivity index (χ3v) is 5.15. The predicted octanol–water partition coefficient (Wildman–Crippen LogP) is 3.02. The topological polar surface area (TPSA) is 77.8 Å². The molecule has 6 nitrogen and oxygen atoms in total. The zero-order valence-electron chi connectivity index (χ0n) is 16.4. The number of ketones is 1. The predicted molar refractivity (Wildman–Crippen MR) is 109 cm³/mol. The lowest BCUT2D eigenvalue weighted by Gasteiger charge is -2.18. The third kappa shape index (κ3) is 3.90. The van der Waals surface area contributed by atoms with Crippen molar-refractivity contribution in [3.05, 3.63) is 65.3 Å². The maximum atomic E-state index is 12.8. The fourth-order valence-electron chi connectivity index (χ4n) is 3.43. The molecule has 0 unspecified atom stereocenters. The second-order valence-corrected chi connectivity index (χ2v) is 6.69. The molecule has 2 aromatic carbocycles. The summed E-state index contributed by atoms with van der Waals surface area (Å²) in [6.45, 7) is 7.88. The van der Waals surface area contributed by atoms with E-state index >= 15 is 0 Å². The van der Waals surface area contributed by atoms with Crippen molar-refractivity contribution in [2.45, 2.75) is 26.9 Å². The van der Waals surface area contributed by atoms with Crippen LogP contribution in [0.5, 0.6) is 0 Å². The Labute approximate surface area is 164 Å². The largest absolute Gasteiger partial charge is 0.309 e. The molecule has 0 saturated carbocycles. The second kappa shape index (κ2) is 8.68. The van der Waals surface area contributed by atoms with E-state index in [0.717, 1.165) is 30.7 Å². The second-order valence-electron chi connectivity index (χ2n) is 6.69. The quantitative estimate of drug-likeness (QED) is 0.615. The summed E-state index contributed by atoms with van der Waals surface area (Å²) in [6, 6.07) is 16.5. The summed E-state index contributed by atoms with van der Waals surface area (Å²) in [5.41, 5.74) is 3.25. The Morgan fingerprint density at radius 3 is 2.21 bits per heavy atom. The number of fused-ring (bicyclic) bond motifs is 1. The van der Waals surface area contributed by atoms with Gasteiger partial charge in [0.15, 0.2) is 5.78 Å². The first-order valence-corrected chi connectivity index (χ1v) is 9.57. The van der Waals surface area contributed by atoms with Crippen LogP contribution in [0.1, 0.15) is 29.8 Å². The summed E-state index contributed by atoms with van der Waals surface area (Å²) in [4.78, 5) is 15.1. The molecule has 0 spiro atoms. The minimum atomic E-state index is -0.0744. The fourth-order valence-corrected chi connectivity index (χ4v) is 3.43. The average molecular weight is 375 g/mol. The standard InChI is InChI=1S/C22H25N5O/c1-3-25(4-2)13-14-26-19-7-5-6-8-20(19)27(22(26)24)16-21(28)18-11-9-17(15-23)10-12-18/h5-12,24H,3-4,13-14,16H2,1-2H3. The number of nitrogens with one attached hydrogen (secondary N) is 1. The number of para-hydroxylation sites is 2. The van der Waals surface area contributed by atoms with Gasteiger partial charge in [0.1, 0.15) is 0 Å². The fraction of sp³-hybridized carbons (Fsp3) is 0.318. The monoisotopic (exact) mass is 375 g/mol. The highest BCUT2D eigenvalue weighted by Crippen LogP contribution is 2.14. The number of likely N-dealkylation sites (N-methyl/N-ethyl adjacent to an activating group) is 1. The molecule has 0 radical (unpaired) electrons. The molecule has 0 aliphatic carbocycles. The number of aromatic nitrogens is 2. The van der Waals surface area contributed by atoms with Crippen LogP contribution in [0.15, 0.2) is 48.5 Å². The van der Waals surface area contributed by atoms with E-state index in [1.807, 2.05) is 28.8 Å². The van der Waals surface area contributed by atoms with E-state index in [0.29, 0.717) is 23.3 Å². The van der Waals surface area contributed by atoms with Crippen LogP contribution in [-0.4, -0.2) is 39.5 Å².